The first kappa shape index (κ1) is 24.5. The van der Waals surface area contributed by atoms with E-state index in [1.54, 1.807) is 46.9 Å². The van der Waals surface area contributed by atoms with E-state index < -0.39 is 6.04 Å². The van der Waals surface area contributed by atoms with Crippen molar-refractivity contribution in [3.8, 4) is 11.4 Å². The number of carbonyl (C=O) groups excluding carboxylic acids is 1. The molecule has 0 radical (unpaired) electrons. The van der Waals surface area contributed by atoms with Crippen LogP contribution in [0, 0.1) is 0 Å². The first-order valence-electron chi connectivity index (χ1n) is 11.5. The van der Waals surface area contributed by atoms with Gasteiger partial charge in [-0.25, -0.2) is 9.78 Å². The molecule has 180 valence electrons. The fraction of sp³-hybridized carbons (Fsp3) is 0.222. The first-order valence-corrected chi connectivity index (χ1v) is 12.2. The van der Waals surface area contributed by atoms with Crippen molar-refractivity contribution in [3.63, 3.8) is 0 Å². The Labute approximate surface area is 212 Å². The minimum atomic E-state index is -0.431. The van der Waals surface area contributed by atoms with Crippen LogP contribution in [0.4, 0.5) is 10.5 Å². The van der Waals surface area contributed by atoms with Crippen LogP contribution in [0.2, 0.25) is 0 Å². The summed E-state index contributed by atoms with van der Waals surface area (Å²) >= 11 is 3.46. The number of methoxy groups -OCH3 is 1. The van der Waals surface area contributed by atoms with Crippen LogP contribution in [0.15, 0.2) is 82.1 Å². The van der Waals surface area contributed by atoms with Crippen LogP contribution in [0.25, 0.3) is 16.6 Å². The number of amides is 2. The largest absolute Gasteiger partial charge is 0.497 e. The average molecular weight is 535 g/mol. The third-order valence-corrected chi connectivity index (χ3v) is 6.42. The van der Waals surface area contributed by atoms with Crippen LogP contribution in [0.3, 0.4) is 0 Å². The van der Waals surface area contributed by atoms with Gasteiger partial charge in [0.25, 0.3) is 5.56 Å². The van der Waals surface area contributed by atoms with Gasteiger partial charge >= 0.3 is 6.03 Å². The Balaban J connectivity index is 1.80. The molecule has 4 rings (SSSR count). The lowest BCUT2D eigenvalue weighted by Crippen LogP contribution is -2.40. The predicted octanol–water partition coefficient (Wildman–Crippen LogP) is 6.16. The van der Waals surface area contributed by atoms with E-state index in [4.69, 9.17) is 9.72 Å². The van der Waals surface area contributed by atoms with E-state index in [2.05, 4.69) is 21.2 Å². The molecule has 35 heavy (non-hydrogen) atoms. The summed E-state index contributed by atoms with van der Waals surface area (Å²) in [5, 5.41) is 3.48. The van der Waals surface area contributed by atoms with Crippen molar-refractivity contribution in [2.24, 2.45) is 0 Å². The van der Waals surface area contributed by atoms with Crippen LogP contribution in [-0.2, 0) is 0 Å². The van der Waals surface area contributed by atoms with Crippen molar-refractivity contribution in [2.75, 3.05) is 19.0 Å². The van der Waals surface area contributed by atoms with Gasteiger partial charge in [0.15, 0.2) is 0 Å². The molecule has 0 aliphatic rings. The number of aromatic nitrogens is 2. The molecule has 1 N–H and O–H groups in total. The molecule has 1 atom stereocenters. The highest BCUT2D eigenvalue weighted by atomic mass is 79.9. The Morgan fingerprint density at radius 2 is 1.74 bits per heavy atom. The number of hydrogen-bond acceptors (Lipinski definition) is 4. The van der Waals surface area contributed by atoms with E-state index in [1.165, 1.54) is 0 Å². The number of hydrogen-bond donors (Lipinski definition) is 1. The van der Waals surface area contributed by atoms with Gasteiger partial charge in [-0.3, -0.25) is 9.36 Å². The smallest absolute Gasteiger partial charge is 0.322 e. The molecule has 3 aromatic carbocycles. The monoisotopic (exact) mass is 534 g/mol. The summed E-state index contributed by atoms with van der Waals surface area (Å²) in [4.78, 5) is 33.6. The standard InChI is InChI=1S/C27H27BrN4O3/c1-4-24(31(5-2)27(34)29-19-12-16-21(35-3)17-13-19)25-30-23-9-7-6-8-22(23)26(33)32(25)20-14-10-18(28)11-15-20/h6-17,24H,4-5H2,1-3H3,(H,29,34). The van der Waals surface area contributed by atoms with Crippen molar-refractivity contribution in [1.82, 2.24) is 14.5 Å². The Hall–Kier alpha value is -3.65. The normalized spacial score (nSPS) is 11.8. The number of fused-ring (bicyclic) bond motifs is 1. The van der Waals surface area contributed by atoms with Gasteiger partial charge in [-0.15, -0.1) is 0 Å². The molecule has 0 aliphatic heterocycles. The SMILES string of the molecule is CCC(c1nc2ccccc2c(=O)n1-c1ccc(Br)cc1)N(CC)C(=O)Nc1ccc(OC)cc1. The highest BCUT2D eigenvalue weighted by Gasteiger charge is 2.28. The summed E-state index contributed by atoms with van der Waals surface area (Å²) in [5.41, 5.74) is 1.78. The maximum atomic E-state index is 13.7. The molecule has 1 aromatic heterocycles. The lowest BCUT2D eigenvalue weighted by molar-refractivity contribution is 0.185. The van der Waals surface area contributed by atoms with Gasteiger partial charge in [-0.2, -0.15) is 0 Å². The molecule has 1 heterocycles. The van der Waals surface area contributed by atoms with Crippen LogP contribution >= 0.6 is 15.9 Å². The van der Waals surface area contributed by atoms with Crippen LogP contribution in [0.5, 0.6) is 5.75 Å². The van der Waals surface area contributed by atoms with Crippen LogP contribution in [0.1, 0.15) is 32.1 Å². The lowest BCUT2D eigenvalue weighted by atomic mass is 10.1. The lowest BCUT2D eigenvalue weighted by Gasteiger charge is -2.31. The maximum Gasteiger partial charge on any atom is 0.322 e. The molecule has 2 amide bonds. The molecule has 0 saturated carbocycles. The molecule has 0 bridgehead atoms. The summed E-state index contributed by atoms with van der Waals surface area (Å²) in [6.45, 7) is 4.34. The number of ether oxygens (including phenoxy) is 1. The Bertz CT molecular complexity index is 1380. The van der Waals surface area contributed by atoms with Gasteiger partial charge in [-0.05, 0) is 74.0 Å². The van der Waals surface area contributed by atoms with Crippen LogP contribution < -0.4 is 15.6 Å². The second-order valence-corrected chi connectivity index (χ2v) is 8.89. The summed E-state index contributed by atoms with van der Waals surface area (Å²) < 4.78 is 7.72. The van der Waals surface area contributed by atoms with Crippen molar-refractivity contribution in [1.29, 1.82) is 0 Å². The minimum Gasteiger partial charge on any atom is -0.497 e. The maximum absolute atomic E-state index is 13.7. The van der Waals surface area contributed by atoms with E-state index in [0.717, 1.165) is 4.47 Å². The van der Waals surface area contributed by atoms with Gasteiger partial charge < -0.3 is 15.0 Å². The Morgan fingerprint density at radius 3 is 2.37 bits per heavy atom. The number of anilines is 1. The zero-order valence-electron chi connectivity index (χ0n) is 19.9. The summed E-state index contributed by atoms with van der Waals surface area (Å²) in [6.07, 6.45) is 0.575. The molecular weight excluding hydrogens is 508 g/mol. The van der Waals surface area contributed by atoms with Gasteiger partial charge in [0.1, 0.15) is 11.6 Å². The summed E-state index contributed by atoms with van der Waals surface area (Å²) in [7, 11) is 1.60. The average Bonchev–Trinajstić information content (AvgIpc) is 2.88. The van der Waals surface area contributed by atoms with E-state index in [0.29, 0.717) is 46.8 Å². The molecule has 0 fully saturated rings. The molecule has 7 nitrogen and oxygen atoms in total. The second kappa shape index (κ2) is 10.7. The predicted molar refractivity (Wildman–Crippen MR) is 142 cm³/mol. The fourth-order valence-electron chi connectivity index (χ4n) is 4.13. The molecular formula is C27H27BrN4O3. The van der Waals surface area contributed by atoms with Crippen molar-refractivity contribution < 1.29 is 9.53 Å². The number of nitrogens with zero attached hydrogens (tertiary/aromatic N) is 3. The number of urea groups is 1. The summed E-state index contributed by atoms with van der Waals surface area (Å²) in [5.74, 6) is 1.23. The van der Waals surface area contributed by atoms with Gasteiger partial charge in [0, 0.05) is 16.7 Å². The fourth-order valence-corrected chi connectivity index (χ4v) is 4.39. The summed E-state index contributed by atoms with van der Waals surface area (Å²) in [6, 6.07) is 21.3. The van der Waals surface area contributed by atoms with Gasteiger partial charge in [0.05, 0.1) is 29.7 Å². The number of rotatable bonds is 7. The van der Waals surface area contributed by atoms with Crippen molar-refractivity contribution in [3.05, 3.63) is 93.4 Å². The van der Waals surface area contributed by atoms with Crippen molar-refractivity contribution >= 4 is 38.6 Å². The second-order valence-electron chi connectivity index (χ2n) is 7.97. The third kappa shape index (κ3) is 5.07. The van der Waals surface area contributed by atoms with Gasteiger partial charge in [0.2, 0.25) is 0 Å². The number of benzene rings is 3. The molecule has 0 spiro atoms. The third-order valence-electron chi connectivity index (χ3n) is 5.89. The Morgan fingerprint density at radius 1 is 1.06 bits per heavy atom. The van der Waals surface area contributed by atoms with E-state index in [-0.39, 0.29) is 11.6 Å². The topological polar surface area (TPSA) is 76.5 Å². The zero-order chi connectivity index (χ0) is 24.9. The molecule has 8 heteroatoms. The first-order chi connectivity index (χ1) is 17.0. The molecule has 0 saturated heterocycles. The van der Waals surface area contributed by atoms with E-state index >= 15 is 0 Å². The number of nitrogens with one attached hydrogen (secondary N) is 1. The van der Waals surface area contributed by atoms with Gasteiger partial charge in [-0.1, -0.05) is 35.0 Å². The molecule has 4 aromatic rings. The quantitative estimate of drug-likeness (QED) is 0.308. The minimum absolute atomic E-state index is 0.169. The molecule has 1 unspecified atom stereocenters. The number of carbonyl (C=O) groups is 1. The van der Waals surface area contributed by atoms with E-state index in [1.807, 2.05) is 56.3 Å². The highest BCUT2D eigenvalue weighted by molar-refractivity contribution is 9.10. The van der Waals surface area contributed by atoms with Crippen molar-refractivity contribution in [2.45, 2.75) is 26.3 Å². The Kier molecular flexibility index (Phi) is 7.51. The zero-order valence-corrected chi connectivity index (χ0v) is 21.5. The number of para-hydroxylation sites is 1. The highest BCUT2D eigenvalue weighted by Crippen LogP contribution is 2.27. The van der Waals surface area contributed by atoms with Crippen LogP contribution in [-0.4, -0.2) is 34.1 Å². The number of halogens is 1. The van der Waals surface area contributed by atoms with E-state index in [9.17, 15) is 9.59 Å². The molecule has 0 aliphatic carbocycles.